The molecule has 0 fully saturated rings. The van der Waals surface area contributed by atoms with Gasteiger partial charge in [-0.2, -0.15) is 0 Å². The normalized spacial score (nSPS) is 13.1. The zero-order chi connectivity index (χ0) is 29.7. The van der Waals surface area contributed by atoms with Crippen LogP contribution in [0.4, 0.5) is 0 Å². The molecule has 0 saturated carbocycles. The molecule has 0 saturated heterocycles. The molecule has 0 spiro atoms. The quantitative estimate of drug-likeness (QED) is 0.181. The Labute approximate surface area is 240 Å². The van der Waals surface area contributed by atoms with Crippen molar-refractivity contribution in [3.63, 3.8) is 0 Å². The Morgan fingerprint density at radius 3 is 2.12 bits per heavy atom. The molecule has 0 aliphatic carbocycles. The molecule has 0 radical (unpaired) electrons. The van der Waals surface area contributed by atoms with Crippen LogP contribution in [0.25, 0.3) is 0 Å². The summed E-state index contributed by atoms with van der Waals surface area (Å²) in [5.74, 6) is 2.01. The van der Waals surface area contributed by atoms with Gasteiger partial charge in [-0.15, -0.1) is 0 Å². The minimum atomic E-state index is -0.0626. The molecule has 2 aromatic rings. The Morgan fingerprint density at radius 1 is 0.875 bits per heavy atom. The summed E-state index contributed by atoms with van der Waals surface area (Å²) in [4.78, 5) is 30.6. The van der Waals surface area contributed by atoms with Gasteiger partial charge in [0.15, 0.2) is 11.6 Å². The van der Waals surface area contributed by atoms with E-state index in [9.17, 15) is 9.59 Å². The Balaban J connectivity index is 1.69. The lowest BCUT2D eigenvalue weighted by Crippen LogP contribution is -2.45. The maximum atomic E-state index is 12.1. The summed E-state index contributed by atoms with van der Waals surface area (Å²) in [5, 5.41) is 3.57. The van der Waals surface area contributed by atoms with Crippen LogP contribution in [0.5, 0.6) is 17.4 Å². The van der Waals surface area contributed by atoms with Crippen molar-refractivity contribution in [2.24, 2.45) is 11.8 Å². The van der Waals surface area contributed by atoms with E-state index >= 15 is 0 Å². The summed E-state index contributed by atoms with van der Waals surface area (Å²) in [6.07, 6.45) is 2.43. The Hall–Kier alpha value is -2.97. The first-order chi connectivity index (χ1) is 19.0. The third kappa shape index (κ3) is 12.0. The maximum absolute atomic E-state index is 12.1. The van der Waals surface area contributed by atoms with E-state index in [-0.39, 0.29) is 42.2 Å². The molecule has 0 aliphatic heterocycles. The predicted octanol–water partition coefficient (Wildman–Crippen LogP) is 5.45. The van der Waals surface area contributed by atoms with E-state index in [0.717, 1.165) is 30.8 Å². The summed E-state index contributed by atoms with van der Waals surface area (Å²) in [6, 6.07) is 11.7. The number of hydrogen-bond donors (Lipinski definition) is 1. The molecular weight excluding hydrogens is 506 g/mol. The molecule has 1 heterocycles. The third-order valence-electron chi connectivity index (χ3n) is 6.57. The first-order valence-electron chi connectivity index (χ1n) is 14.5. The second kappa shape index (κ2) is 17.0. The SMILES string of the molecule is CC(CN(CCCOc1ccc(C(=O)C(C)C)cc1)C(C)C)NC[C@H](C)Oc1ccc(OCC(=O)C(C)C)cn1. The lowest BCUT2D eigenvalue weighted by atomic mass is 10.0. The molecule has 40 heavy (non-hydrogen) atoms. The molecule has 1 unspecified atom stereocenters. The molecule has 0 aliphatic rings. The van der Waals surface area contributed by atoms with E-state index < -0.39 is 0 Å². The van der Waals surface area contributed by atoms with Crippen LogP contribution in [0.3, 0.4) is 0 Å². The summed E-state index contributed by atoms with van der Waals surface area (Å²) in [6.45, 7) is 19.3. The molecule has 1 aromatic carbocycles. The Morgan fingerprint density at radius 2 is 1.55 bits per heavy atom. The van der Waals surface area contributed by atoms with Gasteiger partial charge in [-0.1, -0.05) is 27.7 Å². The number of pyridine rings is 1. The van der Waals surface area contributed by atoms with Gasteiger partial charge in [-0.25, -0.2) is 4.98 Å². The Bertz CT molecular complexity index is 1020. The zero-order valence-electron chi connectivity index (χ0n) is 25.6. The zero-order valence-corrected chi connectivity index (χ0v) is 25.6. The molecule has 8 nitrogen and oxygen atoms in total. The van der Waals surface area contributed by atoms with Crippen molar-refractivity contribution in [2.75, 3.05) is 32.8 Å². The average molecular weight is 556 g/mol. The average Bonchev–Trinajstić information content (AvgIpc) is 2.92. The first kappa shape index (κ1) is 33.2. The van der Waals surface area contributed by atoms with Crippen molar-refractivity contribution in [1.82, 2.24) is 15.2 Å². The number of nitrogens with one attached hydrogen (secondary N) is 1. The monoisotopic (exact) mass is 555 g/mol. The molecule has 0 amide bonds. The number of benzene rings is 1. The van der Waals surface area contributed by atoms with Crippen molar-refractivity contribution in [3.8, 4) is 17.4 Å². The number of hydrogen-bond acceptors (Lipinski definition) is 8. The second-order valence-electron chi connectivity index (χ2n) is 11.3. The molecular formula is C32H49N3O5. The highest BCUT2D eigenvalue weighted by atomic mass is 16.5. The number of nitrogens with zero attached hydrogens (tertiary/aromatic N) is 2. The standard InChI is InChI=1S/C32H49N3O5/c1-22(2)30(36)21-39-29-14-15-31(34-19-29)40-26(8)18-33-25(7)20-35(24(5)6)16-9-17-38-28-12-10-27(11-13-28)32(37)23(3)4/h10-15,19,22-26,33H,9,16-18,20-21H2,1-8H3/t25?,26-/m0/s1. The number of ketones is 2. The van der Waals surface area contributed by atoms with Gasteiger partial charge < -0.3 is 19.5 Å². The molecule has 1 aromatic heterocycles. The number of ether oxygens (including phenoxy) is 3. The van der Waals surface area contributed by atoms with Crippen LogP contribution < -0.4 is 19.5 Å². The van der Waals surface area contributed by atoms with Crippen LogP contribution in [-0.4, -0.2) is 72.5 Å². The van der Waals surface area contributed by atoms with E-state index in [4.69, 9.17) is 14.2 Å². The largest absolute Gasteiger partial charge is 0.494 e. The fourth-order valence-electron chi connectivity index (χ4n) is 3.94. The third-order valence-corrected chi connectivity index (χ3v) is 6.57. The summed E-state index contributed by atoms with van der Waals surface area (Å²) in [5.41, 5.74) is 0.726. The lowest BCUT2D eigenvalue weighted by molar-refractivity contribution is -0.123. The first-order valence-corrected chi connectivity index (χ1v) is 14.5. The van der Waals surface area contributed by atoms with Gasteiger partial charge in [0.2, 0.25) is 5.88 Å². The van der Waals surface area contributed by atoms with Gasteiger partial charge in [0, 0.05) is 55.2 Å². The summed E-state index contributed by atoms with van der Waals surface area (Å²) < 4.78 is 17.4. The fraction of sp³-hybridized carbons (Fsp3) is 0.594. The summed E-state index contributed by atoms with van der Waals surface area (Å²) >= 11 is 0. The van der Waals surface area contributed by atoms with Gasteiger partial charge in [0.1, 0.15) is 24.2 Å². The highest BCUT2D eigenvalue weighted by Crippen LogP contribution is 2.17. The van der Waals surface area contributed by atoms with Crippen LogP contribution in [-0.2, 0) is 4.79 Å². The molecule has 1 N–H and O–H groups in total. The van der Waals surface area contributed by atoms with Gasteiger partial charge in [-0.05, 0) is 64.4 Å². The molecule has 8 heteroatoms. The minimum absolute atomic E-state index is 0.00892. The van der Waals surface area contributed by atoms with E-state index in [0.29, 0.717) is 30.8 Å². The number of Topliss-reactive ketones (excluding diaryl/α,β-unsaturated/α-hetero) is 2. The van der Waals surface area contributed by atoms with Crippen LogP contribution in [0, 0.1) is 11.8 Å². The van der Waals surface area contributed by atoms with Gasteiger partial charge in [0.25, 0.3) is 0 Å². The van der Waals surface area contributed by atoms with Gasteiger partial charge in [-0.3, -0.25) is 14.5 Å². The number of carbonyl (C=O) groups excluding carboxylic acids is 2. The van der Waals surface area contributed by atoms with Crippen LogP contribution in [0.2, 0.25) is 0 Å². The summed E-state index contributed by atoms with van der Waals surface area (Å²) in [7, 11) is 0. The van der Waals surface area contributed by atoms with Crippen molar-refractivity contribution < 1.29 is 23.8 Å². The fourth-order valence-corrected chi connectivity index (χ4v) is 3.94. The van der Waals surface area contributed by atoms with Crippen LogP contribution in [0.15, 0.2) is 42.6 Å². The van der Waals surface area contributed by atoms with Crippen molar-refractivity contribution in [1.29, 1.82) is 0 Å². The number of aromatic nitrogens is 1. The van der Waals surface area contributed by atoms with Crippen molar-refractivity contribution >= 4 is 11.6 Å². The molecule has 222 valence electrons. The van der Waals surface area contributed by atoms with E-state index in [1.807, 2.05) is 58.9 Å². The van der Waals surface area contributed by atoms with E-state index in [1.54, 1.807) is 18.3 Å². The van der Waals surface area contributed by atoms with Crippen LogP contribution >= 0.6 is 0 Å². The predicted molar refractivity (Wildman–Crippen MR) is 160 cm³/mol. The number of rotatable bonds is 19. The molecule has 0 bridgehead atoms. The van der Waals surface area contributed by atoms with Gasteiger partial charge >= 0.3 is 0 Å². The maximum Gasteiger partial charge on any atom is 0.213 e. The van der Waals surface area contributed by atoms with Crippen molar-refractivity contribution in [2.45, 2.75) is 80.0 Å². The van der Waals surface area contributed by atoms with E-state index in [1.165, 1.54) is 0 Å². The number of carbonyl (C=O) groups is 2. The highest BCUT2D eigenvalue weighted by Gasteiger charge is 2.15. The molecule has 2 rings (SSSR count). The van der Waals surface area contributed by atoms with Crippen molar-refractivity contribution in [3.05, 3.63) is 48.2 Å². The molecule has 2 atom stereocenters. The van der Waals surface area contributed by atoms with E-state index in [2.05, 4.69) is 36.0 Å². The lowest BCUT2D eigenvalue weighted by Gasteiger charge is -2.30. The topological polar surface area (TPSA) is 90.0 Å². The highest BCUT2D eigenvalue weighted by molar-refractivity contribution is 5.97. The minimum Gasteiger partial charge on any atom is -0.494 e. The smallest absolute Gasteiger partial charge is 0.213 e. The van der Waals surface area contributed by atoms with Gasteiger partial charge in [0.05, 0.1) is 12.8 Å². The Kier molecular flexibility index (Phi) is 14.1. The van der Waals surface area contributed by atoms with Crippen LogP contribution in [0.1, 0.15) is 72.2 Å². The second-order valence-corrected chi connectivity index (χ2v) is 11.3.